The zero-order valence-electron chi connectivity index (χ0n) is 7.97. The molecule has 0 bridgehead atoms. The van der Waals surface area contributed by atoms with Gasteiger partial charge in [-0.3, -0.25) is 0 Å². The van der Waals surface area contributed by atoms with Gasteiger partial charge in [0, 0.05) is 6.42 Å². The summed E-state index contributed by atoms with van der Waals surface area (Å²) in [6.07, 6.45) is 3.19. The van der Waals surface area contributed by atoms with Crippen LogP contribution in [0.5, 0.6) is 0 Å². The summed E-state index contributed by atoms with van der Waals surface area (Å²) in [5.41, 5.74) is 0. The van der Waals surface area contributed by atoms with Crippen LogP contribution in [-0.2, 0) is 4.74 Å². The van der Waals surface area contributed by atoms with Crippen molar-refractivity contribution in [2.75, 3.05) is 20.2 Å². The molecule has 0 aromatic rings. The molecule has 0 unspecified atom stereocenters. The SMILES string of the molecule is CC[C@@H]1COC(CCCNC)=N1. The molecule has 0 spiro atoms. The third-order valence-electron chi connectivity index (χ3n) is 2.06. The molecule has 1 N–H and O–H groups in total. The Kier molecular flexibility index (Phi) is 4.08. The second-order valence-electron chi connectivity index (χ2n) is 3.10. The van der Waals surface area contributed by atoms with E-state index in [4.69, 9.17) is 4.74 Å². The molecule has 0 saturated carbocycles. The largest absolute Gasteiger partial charge is 0.479 e. The zero-order chi connectivity index (χ0) is 8.81. The number of nitrogens with one attached hydrogen (secondary N) is 1. The topological polar surface area (TPSA) is 33.6 Å². The second-order valence-corrected chi connectivity index (χ2v) is 3.10. The van der Waals surface area contributed by atoms with Crippen molar-refractivity contribution >= 4 is 5.90 Å². The summed E-state index contributed by atoms with van der Waals surface area (Å²) in [6, 6.07) is 0.426. The molecule has 0 radical (unpaired) electrons. The van der Waals surface area contributed by atoms with Crippen LogP contribution in [0.4, 0.5) is 0 Å². The van der Waals surface area contributed by atoms with Gasteiger partial charge in [0.25, 0.3) is 0 Å². The molecular weight excluding hydrogens is 152 g/mol. The number of aliphatic imine (C=N–C) groups is 1. The Morgan fingerprint density at radius 1 is 1.67 bits per heavy atom. The molecule has 1 atom stereocenters. The number of hydrogen-bond acceptors (Lipinski definition) is 3. The van der Waals surface area contributed by atoms with E-state index in [9.17, 15) is 0 Å². The van der Waals surface area contributed by atoms with E-state index >= 15 is 0 Å². The van der Waals surface area contributed by atoms with Crippen LogP contribution in [-0.4, -0.2) is 32.1 Å². The molecule has 0 aromatic heterocycles. The summed E-state index contributed by atoms with van der Waals surface area (Å²) in [5, 5.41) is 3.11. The first kappa shape index (κ1) is 9.52. The van der Waals surface area contributed by atoms with Crippen LogP contribution in [0.3, 0.4) is 0 Å². The number of hydrogen-bond donors (Lipinski definition) is 1. The lowest BCUT2D eigenvalue weighted by atomic mass is 10.3. The van der Waals surface area contributed by atoms with Gasteiger partial charge in [-0.1, -0.05) is 6.92 Å². The maximum absolute atomic E-state index is 5.43. The van der Waals surface area contributed by atoms with Crippen LogP contribution in [0.1, 0.15) is 26.2 Å². The van der Waals surface area contributed by atoms with E-state index in [0.717, 1.165) is 38.3 Å². The van der Waals surface area contributed by atoms with Crippen molar-refractivity contribution in [1.29, 1.82) is 0 Å². The quantitative estimate of drug-likeness (QED) is 0.629. The molecule has 12 heavy (non-hydrogen) atoms. The van der Waals surface area contributed by atoms with E-state index < -0.39 is 0 Å². The van der Waals surface area contributed by atoms with E-state index in [1.807, 2.05) is 7.05 Å². The molecular formula is C9H18N2O. The van der Waals surface area contributed by atoms with Gasteiger partial charge >= 0.3 is 0 Å². The second kappa shape index (κ2) is 5.14. The first-order valence-corrected chi connectivity index (χ1v) is 4.71. The van der Waals surface area contributed by atoms with Crippen LogP contribution >= 0.6 is 0 Å². The summed E-state index contributed by atoms with van der Waals surface area (Å²) in [7, 11) is 1.96. The van der Waals surface area contributed by atoms with Gasteiger partial charge < -0.3 is 10.1 Å². The van der Waals surface area contributed by atoms with Crippen molar-refractivity contribution in [1.82, 2.24) is 5.32 Å². The third kappa shape index (κ3) is 2.81. The molecule has 1 aliphatic rings. The molecule has 1 rings (SSSR count). The summed E-state index contributed by atoms with van der Waals surface area (Å²) >= 11 is 0. The highest BCUT2D eigenvalue weighted by molar-refractivity contribution is 5.77. The fourth-order valence-corrected chi connectivity index (χ4v) is 1.23. The number of ether oxygens (including phenoxy) is 1. The first-order chi connectivity index (χ1) is 5.86. The van der Waals surface area contributed by atoms with Crippen molar-refractivity contribution in [2.45, 2.75) is 32.2 Å². The molecule has 1 heterocycles. The Hall–Kier alpha value is -0.570. The first-order valence-electron chi connectivity index (χ1n) is 4.71. The van der Waals surface area contributed by atoms with E-state index in [2.05, 4.69) is 17.2 Å². The summed E-state index contributed by atoms with van der Waals surface area (Å²) in [6.45, 7) is 3.98. The van der Waals surface area contributed by atoms with Crippen LogP contribution in [0.15, 0.2) is 4.99 Å². The van der Waals surface area contributed by atoms with Gasteiger partial charge in [-0.15, -0.1) is 0 Å². The van der Waals surface area contributed by atoms with Gasteiger partial charge in [0.1, 0.15) is 6.61 Å². The highest BCUT2D eigenvalue weighted by atomic mass is 16.5. The van der Waals surface area contributed by atoms with Crippen molar-refractivity contribution in [2.24, 2.45) is 4.99 Å². The Morgan fingerprint density at radius 3 is 3.08 bits per heavy atom. The van der Waals surface area contributed by atoms with Crippen LogP contribution in [0.25, 0.3) is 0 Å². The van der Waals surface area contributed by atoms with Crippen LogP contribution < -0.4 is 5.32 Å². The molecule has 0 saturated heterocycles. The lowest BCUT2D eigenvalue weighted by Gasteiger charge is -1.99. The average molecular weight is 170 g/mol. The molecule has 70 valence electrons. The van der Waals surface area contributed by atoms with Gasteiger partial charge in [-0.25, -0.2) is 4.99 Å². The highest BCUT2D eigenvalue weighted by Gasteiger charge is 2.15. The van der Waals surface area contributed by atoms with Crippen LogP contribution in [0.2, 0.25) is 0 Å². The maximum Gasteiger partial charge on any atom is 0.183 e. The van der Waals surface area contributed by atoms with Crippen molar-refractivity contribution in [3.63, 3.8) is 0 Å². The van der Waals surface area contributed by atoms with Crippen LogP contribution in [0, 0.1) is 0 Å². The number of rotatable bonds is 5. The van der Waals surface area contributed by atoms with Crippen molar-refractivity contribution in [3.05, 3.63) is 0 Å². The van der Waals surface area contributed by atoms with Crippen molar-refractivity contribution in [3.8, 4) is 0 Å². The van der Waals surface area contributed by atoms with E-state index in [0.29, 0.717) is 6.04 Å². The minimum Gasteiger partial charge on any atom is -0.479 e. The van der Waals surface area contributed by atoms with Crippen molar-refractivity contribution < 1.29 is 4.74 Å². The van der Waals surface area contributed by atoms with Gasteiger partial charge in [-0.2, -0.15) is 0 Å². The normalized spacial score (nSPS) is 22.2. The van der Waals surface area contributed by atoms with Gasteiger partial charge in [0.15, 0.2) is 5.90 Å². The predicted molar refractivity (Wildman–Crippen MR) is 50.6 cm³/mol. The number of nitrogens with zero attached hydrogens (tertiary/aromatic N) is 1. The third-order valence-corrected chi connectivity index (χ3v) is 2.06. The predicted octanol–water partition coefficient (Wildman–Crippen LogP) is 1.19. The van der Waals surface area contributed by atoms with Gasteiger partial charge in [0.05, 0.1) is 6.04 Å². The smallest absolute Gasteiger partial charge is 0.183 e. The zero-order valence-corrected chi connectivity index (χ0v) is 7.97. The van der Waals surface area contributed by atoms with Gasteiger partial charge in [0.2, 0.25) is 0 Å². The standard InChI is InChI=1S/C9H18N2O/c1-3-8-7-12-9(11-8)5-4-6-10-2/h8,10H,3-7H2,1-2H3/t8-/m1/s1. The molecule has 0 fully saturated rings. The molecule has 0 aliphatic carbocycles. The highest BCUT2D eigenvalue weighted by Crippen LogP contribution is 2.10. The molecule has 3 nitrogen and oxygen atoms in total. The molecule has 0 amide bonds. The molecule has 1 aliphatic heterocycles. The summed E-state index contributed by atoms with van der Waals surface area (Å²) in [5.74, 6) is 0.956. The Morgan fingerprint density at radius 2 is 2.50 bits per heavy atom. The van der Waals surface area contributed by atoms with E-state index in [-0.39, 0.29) is 0 Å². The van der Waals surface area contributed by atoms with E-state index in [1.54, 1.807) is 0 Å². The molecule has 0 aromatic carbocycles. The summed E-state index contributed by atoms with van der Waals surface area (Å²) < 4.78 is 5.43. The van der Waals surface area contributed by atoms with E-state index in [1.165, 1.54) is 0 Å². The monoisotopic (exact) mass is 170 g/mol. The lowest BCUT2D eigenvalue weighted by Crippen LogP contribution is -2.10. The minimum atomic E-state index is 0.426. The fourth-order valence-electron chi connectivity index (χ4n) is 1.23. The lowest BCUT2D eigenvalue weighted by molar-refractivity contribution is 0.306. The fraction of sp³-hybridized carbons (Fsp3) is 0.889. The van der Waals surface area contributed by atoms with Gasteiger partial charge in [-0.05, 0) is 26.4 Å². The Balaban J connectivity index is 2.16. The Bertz CT molecular complexity index is 157. The maximum atomic E-state index is 5.43. The Labute approximate surface area is 74.2 Å². The molecule has 3 heteroatoms. The average Bonchev–Trinajstić information content (AvgIpc) is 2.53. The summed E-state index contributed by atoms with van der Waals surface area (Å²) in [4.78, 5) is 4.44. The minimum absolute atomic E-state index is 0.426.